The standard InChI is InChI=1S/C9H14N2O2S2/c1-15(12,13)6-9-11-8(5-14-9)7-3-2-4-10-7/h5,7,10H,2-4,6H2,1H3/t7-/m0/s1. The molecule has 1 aliphatic heterocycles. The molecule has 2 rings (SSSR count). The molecule has 1 fully saturated rings. The van der Waals surface area contributed by atoms with Crippen LogP contribution in [-0.2, 0) is 15.6 Å². The van der Waals surface area contributed by atoms with Crippen LogP contribution in [0.1, 0.15) is 29.6 Å². The molecule has 1 aromatic heterocycles. The van der Waals surface area contributed by atoms with E-state index in [0.717, 1.165) is 18.7 Å². The van der Waals surface area contributed by atoms with Crippen molar-refractivity contribution in [3.8, 4) is 0 Å². The molecular weight excluding hydrogens is 232 g/mol. The topological polar surface area (TPSA) is 59.1 Å². The number of aromatic nitrogens is 1. The molecule has 2 heterocycles. The summed E-state index contributed by atoms with van der Waals surface area (Å²) in [5.74, 6) is 0.0599. The minimum absolute atomic E-state index is 0.0599. The summed E-state index contributed by atoms with van der Waals surface area (Å²) < 4.78 is 22.2. The van der Waals surface area contributed by atoms with Crippen LogP contribution >= 0.6 is 11.3 Å². The van der Waals surface area contributed by atoms with Gasteiger partial charge in [0.1, 0.15) is 10.8 Å². The Hall–Kier alpha value is -0.460. The van der Waals surface area contributed by atoms with Crippen LogP contribution in [0.15, 0.2) is 5.38 Å². The van der Waals surface area contributed by atoms with E-state index >= 15 is 0 Å². The van der Waals surface area contributed by atoms with E-state index in [-0.39, 0.29) is 5.75 Å². The summed E-state index contributed by atoms with van der Waals surface area (Å²) in [6.07, 6.45) is 3.51. The van der Waals surface area contributed by atoms with E-state index in [4.69, 9.17) is 0 Å². The highest BCUT2D eigenvalue weighted by Crippen LogP contribution is 2.24. The number of sulfone groups is 1. The van der Waals surface area contributed by atoms with Gasteiger partial charge in [-0.15, -0.1) is 11.3 Å². The summed E-state index contributed by atoms with van der Waals surface area (Å²) in [5, 5.41) is 6.00. The second-order valence-corrected chi connectivity index (χ2v) is 6.97. The molecular formula is C9H14N2O2S2. The zero-order valence-electron chi connectivity index (χ0n) is 8.56. The van der Waals surface area contributed by atoms with E-state index in [9.17, 15) is 8.42 Å². The van der Waals surface area contributed by atoms with E-state index in [2.05, 4.69) is 10.3 Å². The Morgan fingerprint density at radius 3 is 3.07 bits per heavy atom. The molecule has 1 saturated heterocycles. The first-order valence-corrected chi connectivity index (χ1v) is 7.84. The molecule has 6 heteroatoms. The van der Waals surface area contributed by atoms with Crippen LogP contribution < -0.4 is 5.32 Å². The molecule has 0 saturated carbocycles. The number of hydrogen-bond acceptors (Lipinski definition) is 5. The normalized spacial score (nSPS) is 22.1. The van der Waals surface area contributed by atoms with Crippen molar-refractivity contribution in [1.82, 2.24) is 10.3 Å². The molecule has 0 radical (unpaired) electrons. The van der Waals surface area contributed by atoms with E-state index in [1.807, 2.05) is 5.38 Å². The lowest BCUT2D eigenvalue weighted by molar-refractivity contribution is 0.600. The van der Waals surface area contributed by atoms with Gasteiger partial charge in [-0.05, 0) is 19.4 Å². The van der Waals surface area contributed by atoms with Gasteiger partial charge in [0, 0.05) is 11.6 Å². The molecule has 0 unspecified atom stereocenters. The Balaban J connectivity index is 2.10. The largest absolute Gasteiger partial charge is 0.309 e. The fraction of sp³-hybridized carbons (Fsp3) is 0.667. The quantitative estimate of drug-likeness (QED) is 0.868. The van der Waals surface area contributed by atoms with Gasteiger partial charge in [0.05, 0.1) is 11.7 Å². The first-order valence-electron chi connectivity index (χ1n) is 4.90. The van der Waals surface area contributed by atoms with Crippen LogP contribution in [0.25, 0.3) is 0 Å². The molecule has 0 aliphatic carbocycles. The van der Waals surface area contributed by atoms with Gasteiger partial charge >= 0.3 is 0 Å². The molecule has 1 atom stereocenters. The third-order valence-electron chi connectivity index (χ3n) is 2.37. The number of hydrogen-bond donors (Lipinski definition) is 1. The summed E-state index contributed by atoms with van der Waals surface area (Å²) >= 11 is 1.43. The van der Waals surface area contributed by atoms with Crippen molar-refractivity contribution in [3.05, 3.63) is 16.1 Å². The van der Waals surface area contributed by atoms with Gasteiger partial charge in [0.15, 0.2) is 9.84 Å². The minimum Gasteiger partial charge on any atom is -0.309 e. The summed E-state index contributed by atoms with van der Waals surface area (Å²) in [5.41, 5.74) is 0.996. The zero-order valence-corrected chi connectivity index (χ0v) is 10.2. The first kappa shape index (κ1) is 11.0. The predicted octanol–water partition coefficient (Wildman–Crippen LogP) is 1.11. The Morgan fingerprint density at radius 2 is 2.47 bits per heavy atom. The fourth-order valence-electron chi connectivity index (χ4n) is 1.71. The molecule has 1 N–H and O–H groups in total. The van der Waals surface area contributed by atoms with Crippen molar-refractivity contribution >= 4 is 21.2 Å². The van der Waals surface area contributed by atoms with Gasteiger partial charge in [0.2, 0.25) is 0 Å². The fourth-order valence-corrected chi connectivity index (χ4v) is 3.77. The predicted molar refractivity (Wildman–Crippen MR) is 60.6 cm³/mol. The maximum Gasteiger partial charge on any atom is 0.153 e. The lowest BCUT2D eigenvalue weighted by Gasteiger charge is -2.04. The lowest BCUT2D eigenvalue weighted by Crippen LogP contribution is -2.13. The highest BCUT2D eigenvalue weighted by Gasteiger charge is 2.19. The highest BCUT2D eigenvalue weighted by molar-refractivity contribution is 7.90. The van der Waals surface area contributed by atoms with Crippen LogP contribution in [0.3, 0.4) is 0 Å². The van der Waals surface area contributed by atoms with Crippen molar-refractivity contribution in [2.45, 2.75) is 24.6 Å². The Kier molecular flexibility index (Phi) is 3.08. The first-order chi connectivity index (χ1) is 7.04. The highest BCUT2D eigenvalue weighted by atomic mass is 32.2. The monoisotopic (exact) mass is 246 g/mol. The lowest BCUT2D eigenvalue weighted by atomic mass is 10.2. The minimum atomic E-state index is -2.96. The average molecular weight is 246 g/mol. The van der Waals surface area contributed by atoms with E-state index in [1.54, 1.807) is 0 Å². The molecule has 15 heavy (non-hydrogen) atoms. The Bertz CT molecular complexity index is 433. The van der Waals surface area contributed by atoms with Gasteiger partial charge in [-0.3, -0.25) is 0 Å². The van der Waals surface area contributed by atoms with Gasteiger partial charge in [-0.1, -0.05) is 0 Å². The van der Waals surface area contributed by atoms with Crippen LogP contribution in [0.2, 0.25) is 0 Å². The summed E-state index contributed by atoms with van der Waals surface area (Å²) in [7, 11) is -2.96. The van der Waals surface area contributed by atoms with Crippen LogP contribution in [-0.4, -0.2) is 26.2 Å². The third kappa shape index (κ3) is 2.99. The van der Waals surface area contributed by atoms with Crippen molar-refractivity contribution in [2.75, 3.05) is 12.8 Å². The molecule has 0 bridgehead atoms. The van der Waals surface area contributed by atoms with Crippen LogP contribution in [0, 0.1) is 0 Å². The number of nitrogens with zero attached hydrogens (tertiary/aromatic N) is 1. The van der Waals surface area contributed by atoms with Crippen molar-refractivity contribution in [2.24, 2.45) is 0 Å². The maximum atomic E-state index is 11.1. The molecule has 0 amide bonds. The molecule has 4 nitrogen and oxygen atoms in total. The van der Waals surface area contributed by atoms with Crippen molar-refractivity contribution in [1.29, 1.82) is 0 Å². The van der Waals surface area contributed by atoms with E-state index in [1.165, 1.54) is 24.0 Å². The Labute approximate surface area is 93.7 Å². The summed E-state index contributed by atoms with van der Waals surface area (Å²) in [6.45, 7) is 1.03. The summed E-state index contributed by atoms with van der Waals surface area (Å²) in [6, 6.07) is 0.328. The Morgan fingerprint density at radius 1 is 1.67 bits per heavy atom. The SMILES string of the molecule is CS(=O)(=O)Cc1nc([C@@H]2CCCN2)cs1. The maximum absolute atomic E-state index is 11.1. The molecule has 84 valence electrons. The van der Waals surface area contributed by atoms with Crippen molar-refractivity contribution < 1.29 is 8.42 Å². The van der Waals surface area contributed by atoms with E-state index < -0.39 is 9.84 Å². The number of rotatable bonds is 3. The molecule has 1 aliphatic rings. The smallest absolute Gasteiger partial charge is 0.153 e. The number of nitrogens with one attached hydrogen (secondary N) is 1. The number of thiazole rings is 1. The van der Waals surface area contributed by atoms with E-state index in [0.29, 0.717) is 11.0 Å². The molecule has 0 aromatic carbocycles. The van der Waals surface area contributed by atoms with Crippen LogP contribution in [0.5, 0.6) is 0 Å². The van der Waals surface area contributed by atoms with Gasteiger partial charge in [-0.25, -0.2) is 13.4 Å². The van der Waals surface area contributed by atoms with Gasteiger partial charge in [0.25, 0.3) is 0 Å². The second kappa shape index (κ2) is 4.19. The second-order valence-electron chi connectivity index (χ2n) is 3.89. The third-order valence-corrected chi connectivity index (χ3v) is 4.22. The summed E-state index contributed by atoms with van der Waals surface area (Å²) in [4.78, 5) is 4.35. The van der Waals surface area contributed by atoms with Crippen LogP contribution in [0.4, 0.5) is 0 Å². The average Bonchev–Trinajstić information content (AvgIpc) is 2.68. The van der Waals surface area contributed by atoms with Gasteiger partial charge in [-0.2, -0.15) is 0 Å². The zero-order chi connectivity index (χ0) is 10.9. The van der Waals surface area contributed by atoms with Gasteiger partial charge < -0.3 is 5.32 Å². The molecule has 1 aromatic rings. The van der Waals surface area contributed by atoms with Crippen molar-refractivity contribution in [3.63, 3.8) is 0 Å². The molecule has 0 spiro atoms.